The number of nitrogen functional groups attached to an aromatic ring is 1. The first-order chi connectivity index (χ1) is 8.11. The summed E-state index contributed by atoms with van der Waals surface area (Å²) in [5.74, 6) is 0.126. The van der Waals surface area contributed by atoms with E-state index in [2.05, 4.69) is 17.9 Å². The SMILES string of the molecule is COC1CCN(c2cc(C)ccc2C(=N)N)C1. The van der Waals surface area contributed by atoms with Crippen molar-refractivity contribution >= 4 is 11.5 Å². The number of hydrogen-bond donors (Lipinski definition) is 2. The molecule has 92 valence electrons. The summed E-state index contributed by atoms with van der Waals surface area (Å²) >= 11 is 0. The second kappa shape index (κ2) is 4.75. The van der Waals surface area contributed by atoms with Crippen LogP contribution in [0, 0.1) is 12.3 Å². The number of anilines is 1. The van der Waals surface area contributed by atoms with Gasteiger partial charge in [0.1, 0.15) is 5.84 Å². The zero-order valence-electron chi connectivity index (χ0n) is 10.4. The molecule has 17 heavy (non-hydrogen) atoms. The normalized spacial score (nSPS) is 19.6. The minimum Gasteiger partial charge on any atom is -0.384 e. The molecule has 1 saturated heterocycles. The molecule has 3 N–H and O–H groups in total. The zero-order chi connectivity index (χ0) is 12.4. The quantitative estimate of drug-likeness (QED) is 0.614. The van der Waals surface area contributed by atoms with E-state index in [4.69, 9.17) is 15.9 Å². The summed E-state index contributed by atoms with van der Waals surface area (Å²) in [4.78, 5) is 2.25. The van der Waals surface area contributed by atoms with E-state index in [0.29, 0.717) is 0 Å². The van der Waals surface area contributed by atoms with Crippen molar-refractivity contribution in [3.8, 4) is 0 Å². The van der Waals surface area contributed by atoms with Crippen molar-refractivity contribution in [2.45, 2.75) is 19.4 Å². The highest BCUT2D eigenvalue weighted by Crippen LogP contribution is 2.26. The van der Waals surface area contributed by atoms with Crippen molar-refractivity contribution in [2.75, 3.05) is 25.1 Å². The molecule has 1 aromatic carbocycles. The van der Waals surface area contributed by atoms with Gasteiger partial charge in [0.2, 0.25) is 0 Å². The van der Waals surface area contributed by atoms with Crippen LogP contribution >= 0.6 is 0 Å². The maximum absolute atomic E-state index is 7.63. The number of ether oxygens (including phenoxy) is 1. The summed E-state index contributed by atoms with van der Waals surface area (Å²) in [7, 11) is 1.75. The fraction of sp³-hybridized carbons (Fsp3) is 0.462. The largest absolute Gasteiger partial charge is 0.384 e. The van der Waals surface area contributed by atoms with Crippen molar-refractivity contribution in [3.63, 3.8) is 0 Å². The van der Waals surface area contributed by atoms with Crippen LogP contribution in [0.1, 0.15) is 17.5 Å². The number of methoxy groups -OCH3 is 1. The molecule has 1 aliphatic rings. The van der Waals surface area contributed by atoms with Crippen LogP contribution in [0.3, 0.4) is 0 Å². The Hall–Kier alpha value is -1.55. The minimum absolute atomic E-state index is 0.126. The Morgan fingerprint density at radius 1 is 1.53 bits per heavy atom. The molecule has 0 saturated carbocycles. The number of nitrogens with zero attached hydrogens (tertiary/aromatic N) is 1. The van der Waals surface area contributed by atoms with Crippen LogP contribution in [0.25, 0.3) is 0 Å². The molecule has 4 heteroatoms. The van der Waals surface area contributed by atoms with E-state index in [1.807, 2.05) is 12.1 Å². The van der Waals surface area contributed by atoms with Gasteiger partial charge >= 0.3 is 0 Å². The van der Waals surface area contributed by atoms with Crippen LogP contribution in [0.4, 0.5) is 5.69 Å². The lowest BCUT2D eigenvalue weighted by atomic mass is 10.1. The number of aryl methyl sites for hydroxylation is 1. The summed E-state index contributed by atoms with van der Waals surface area (Å²) in [6.45, 7) is 3.89. The summed E-state index contributed by atoms with van der Waals surface area (Å²) in [5.41, 5.74) is 8.68. The lowest BCUT2D eigenvalue weighted by molar-refractivity contribution is 0.121. The fourth-order valence-electron chi connectivity index (χ4n) is 2.27. The van der Waals surface area contributed by atoms with E-state index in [-0.39, 0.29) is 11.9 Å². The number of amidine groups is 1. The molecule has 4 nitrogen and oxygen atoms in total. The molecule has 1 aromatic rings. The van der Waals surface area contributed by atoms with Gasteiger partial charge in [0, 0.05) is 31.5 Å². The zero-order valence-corrected chi connectivity index (χ0v) is 10.4. The average molecular weight is 233 g/mol. The van der Waals surface area contributed by atoms with Gasteiger partial charge in [-0.2, -0.15) is 0 Å². The Morgan fingerprint density at radius 2 is 2.29 bits per heavy atom. The third kappa shape index (κ3) is 2.42. The third-order valence-electron chi connectivity index (χ3n) is 3.26. The molecule has 0 amide bonds. The number of rotatable bonds is 3. The van der Waals surface area contributed by atoms with Crippen molar-refractivity contribution in [3.05, 3.63) is 29.3 Å². The van der Waals surface area contributed by atoms with Crippen molar-refractivity contribution in [2.24, 2.45) is 5.73 Å². The molecule has 1 aliphatic heterocycles. The van der Waals surface area contributed by atoms with Crippen LogP contribution in [0.2, 0.25) is 0 Å². The van der Waals surface area contributed by atoms with Crippen LogP contribution < -0.4 is 10.6 Å². The number of nitrogens with one attached hydrogen (secondary N) is 1. The van der Waals surface area contributed by atoms with Gasteiger partial charge < -0.3 is 15.4 Å². The fourth-order valence-corrected chi connectivity index (χ4v) is 2.27. The van der Waals surface area contributed by atoms with Gasteiger partial charge in [0.15, 0.2) is 0 Å². The number of nitrogens with two attached hydrogens (primary N) is 1. The Labute approximate surface area is 102 Å². The smallest absolute Gasteiger partial charge is 0.124 e. The first-order valence-electron chi connectivity index (χ1n) is 5.84. The summed E-state index contributed by atoms with van der Waals surface area (Å²) in [5, 5.41) is 7.63. The number of benzene rings is 1. The van der Waals surface area contributed by atoms with E-state index in [0.717, 1.165) is 30.8 Å². The van der Waals surface area contributed by atoms with Gasteiger partial charge in [-0.3, -0.25) is 5.41 Å². The highest BCUT2D eigenvalue weighted by atomic mass is 16.5. The molecule has 1 heterocycles. The average Bonchev–Trinajstić information content (AvgIpc) is 2.76. The van der Waals surface area contributed by atoms with Gasteiger partial charge in [0.25, 0.3) is 0 Å². The molecular formula is C13H19N3O. The van der Waals surface area contributed by atoms with Crippen LogP contribution in [-0.2, 0) is 4.74 Å². The molecule has 1 unspecified atom stereocenters. The second-order valence-corrected chi connectivity index (χ2v) is 4.53. The predicted molar refractivity (Wildman–Crippen MR) is 69.8 cm³/mol. The van der Waals surface area contributed by atoms with Gasteiger partial charge in [-0.15, -0.1) is 0 Å². The summed E-state index contributed by atoms with van der Waals surface area (Å²) in [6.07, 6.45) is 1.32. The highest BCUT2D eigenvalue weighted by Gasteiger charge is 2.24. The molecule has 1 atom stereocenters. The second-order valence-electron chi connectivity index (χ2n) is 4.53. The molecule has 0 spiro atoms. The molecule has 0 radical (unpaired) electrons. The molecule has 2 rings (SSSR count). The third-order valence-corrected chi connectivity index (χ3v) is 3.26. The van der Waals surface area contributed by atoms with Crippen LogP contribution in [-0.4, -0.2) is 32.1 Å². The Morgan fingerprint density at radius 3 is 2.88 bits per heavy atom. The topological polar surface area (TPSA) is 62.3 Å². The molecule has 0 aliphatic carbocycles. The molecule has 0 aromatic heterocycles. The van der Waals surface area contributed by atoms with E-state index in [9.17, 15) is 0 Å². The summed E-state index contributed by atoms with van der Waals surface area (Å²) in [6, 6.07) is 6.01. The Kier molecular flexibility index (Phi) is 3.33. The first kappa shape index (κ1) is 11.9. The number of hydrogen-bond acceptors (Lipinski definition) is 3. The van der Waals surface area contributed by atoms with Gasteiger partial charge in [-0.05, 0) is 31.0 Å². The highest BCUT2D eigenvalue weighted by molar-refractivity contribution is 6.00. The van der Waals surface area contributed by atoms with Gasteiger partial charge in [-0.25, -0.2) is 0 Å². The molecular weight excluding hydrogens is 214 g/mol. The lowest BCUT2D eigenvalue weighted by Gasteiger charge is -2.22. The first-order valence-corrected chi connectivity index (χ1v) is 5.84. The lowest BCUT2D eigenvalue weighted by Crippen LogP contribution is -2.25. The molecule has 1 fully saturated rings. The van der Waals surface area contributed by atoms with E-state index >= 15 is 0 Å². The van der Waals surface area contributed by atoms with Crippen LogP contribution in [0.5, 0.6) is 0 Å². The van der Waals surface area contributed by atoms with E-state index in [1.54, 1.807) is 7.11 Å². The van der Waals surface area contributed by atoms with E-state index in [1.165, 1.54) is 5.56 Å². The maximum Gasteiger partial charge on any atom is 0.124 e. The van der Waals surface area contributed by atoms with Crippen molar-refractivity contribution in [1.29, 1.82) is 5.41 Å². The standard InChI is InChI=1S/C13H19N3O/c1-9-3-4-11(13(14)15)12(7-9)16-6-5-10(8-16)17-2/h3-4,7,10H,5-6,8H2,1-2H3,(H3,14,15). The minimum atomic E-state index is 0.126. The predicted octanol–water partition coefficient (Wildman–Crippen LogP) is 1.50. The maximum atomic E-state index is 7.63. The van der Waals surface area contributed by atoms with E-state index < -0.39 is 0 Å². The van der Waals surface area contributed by atoms with Crippen molar-refractivity contribution < 1.29 is 4.74 Å². The van der Waals surface area contributed by atoms with Crippen molar-refractivity contribution in [1.82, 2.24) is 0 Å². The molecule has 0 bridgehead atoms. The Bertz CT molecular complexity index is 431. The van der Waals surface area contributed by atoms with Gasteiger partial charge in [0.05, 0.1) is 6.10 Å². The monoisotopic (exact) mass is 233 g/mol. The Balaban J connectivity index is 2.31. The van der Waals surface area contributed by atoms with Crippen LogP contribution in [0.15, 0.2) is 18.2 Å². The summed E-state index contributed by atoms with van der Waals surface area (Å²) < 4.78 is 5.37. The van der Waals surface area contributed by atoms with Gasteiger partial charge in [-0.1, -0.05) is 6.07 Å².